The Balaban J connectivity index is 2.57. The van der Waals surface area contributed by atoms with E-state index in [0.29, 0.717) is 17.7 Å². The fourth-order valence-corrected chi connectivity index (χ4v) is 3.08. The first-order valence-corrected chi connectivity index (χ1v) is 7.59. The van der Waals surface area contributed by atoms with Crippen LogP contribution in [0.2, 0.25) is 0 Å². The maximum absolute atomic E-state index is 11.1. The van der Waals surface area contributed by atoms with Crippen LogP contribution in [0.5, 0.6) is 0 Å². The molecule has 1 aromatic heterocycles. The van der Waals surface area contributed by atoms with Gasteiger partial charge < -0.3 is 19.9 Å². The summed E-state index contributed by atoms with van der Waals surface area (Å²) in [6.07, 6.45) is 1.54. The van der Waals surface area contributed by atoms with Crippen molar-refractivity contribution in [1.29, 1.82) is 0 Å². The maximum Gasteiger partial charge on any atom is 0.224 e. The molecule has 1 aromatic carbocycles. The molecule has 0 amide bonds. The molecule has 3 N–H and O–H groups in total. The zero-order chi connectivity index (χ0) is 15.7. The number of nitrogens with one attached hydrogen (secondary N) is 1. The lowest BCUT2D eigenvalue weighted by molar-refractivity contribution is -0.0187. The van der Waals surface area contributed by atoms with Gasteiger partial charge >= 0.3 is 0 Å². The number of hydrogen-bond donors (Lipinski definition) is 3. The van der Waals surface area contributed by atoms with Crippen LogP contribution in [0, 0.1) is 0 Å². The predicted molar refractivity (Wildman–Crippen MR) is 85.0 cm³/mol. The van der Waals surface area contributed by atoms with Crippen molar-refractivity contribution in [3.63, 3.8) is 0 Å². The third kappa shape index (κ3) is 3.02. The number of furan rings is 1. The summed E-state index contributed by atoms with van der Waals surface area (Å²) in [5.41, 5.74) is -0.848. The van der Waals surface area contributed by atoms with Gasteiger partial charge in [-0.05, 0) is 30.3 Å². The molecular weight excluding hydrogens is 337 g/mol. The lowest BCUT2D eigenvalue weighted by atomic mass is 9.87. The first kappa shape index (κ1) is 16.9. The molecule has 0 radical (unpaired) electrons. The predicted octanol–water partition coefficient (Wildman–Crippen LogP) is 2.96. The second kappa shape index (κ2) is 6.32. The molecule has 0 aliphatic rings. The van der Waals surface area contributed by atoms with E-state index in [1.807, 2.05) is 6.92 Å². The number of hydrogen-bond acceptors (Lipinski definition) is 4. The van der Waals surface area contributed by atoms with Gasteiger partial charge in [-0.15, -0.1) is 0 Å². The molecule has 0 saturated carbocycles. The first-order valence-electron chi connectivity index (χ1n) is 6.45. The number of fused-ring (bicyclic) bond motifs is 1. The van der Waals surface area contributed by atoms with E-state index in [1.54, 1.807) is 24.3 Å². The number of aliphatic hydroxyl groups is 2. The van der Waals surface area contributed by atoms with Crippen molar-refractivity contribution < 1.29 is 14.6 Å². The van der Waals surface area contributed by atoms with E-state index < -0.39 is 15.4 Å². The van der Waals surface area contributed by atoms with Crippen molar-refractivity contribution in [2.45, 2.75) is 22.4 Å². The number of halogens is 3. The summed E-state index contributed by atoms with van der Waals surface area (Å²) in [6, 6.07) is 5.90. The van der Waals surface area contributed by atoms with E-state index in [-0.39, 0.29) is 6.61 Å². The van der Waals surface area contributed by atoms with E-state index in [2.05, 4.69) is 5.32 Å². The third-order valence-electron chi connectivity index (χ3n) is 3.46. The van der Waals surface area contributed by atoms with Crippen LogP contribution in [0.1, 0.15) is 12.5 Å². The molecule has 0 saturated heterocycles. The van der Waals surface area contributed by atoms with Crippen molar-refractivity contribution >= 4 is 45.8 Å². The van der Waals surface area contributed by atoms with E-state index >= 15 is 0 Å². The third-order valence-corrected chi connectivity index (χ3v) is 4.33. The normalized spacial score (nSPS) is 16.9. The van der Waals surface area contributed by atoms with E-state index in [9.17, 15) is 10.2 Å². The van der Waals surface area contributed by atoms with Gasteiger partial charge in [-0.2, -0.15) is 0 Å². The van der Waals surface area contributed by atoms with Crippen molar-refractivity contribution in [2.75, 3.05) is 13.2 Å². The average Bonchev–Trinajstić information content (AvgIpc) is 2.89. The van der Waals surface area contributed by atoms with Gasteiger partial charge in [-0.3, -0.25) is 0 Å². The molecule has 1 heterocycles. The Labute approximate surface area is 137 Å². The molecule has 2 atom stereocenters. The van der Waals surface area contributed by atoms with Gasteiger partial charge in [-0.25, -0.2) is 0 Å². The van der Waals surface area contributed by atoms with Crippen LogP contribution in [0.15, 0.2) is 34.9 Å². The van der Waals surface area contributed by atoms with Crippen molar-refractivity contribution in [2.24, 2.45) is 0 Å². The van der Waals surface area contributed by atoms with Crippen LogP contribution < -0.4 is 5.32 Å². The lowest BCUT2D eigenvalue weighted by Crippen LogP contribution is -2.57. The second-order valence-electron chi connectivity index (χ2n) is 4.73. The molecule has 0 aliphatic carbocycles. The molecule has 0 fully saturated rings. The minimum Gasteiger partial charge on any atom is -0.464 e. The van der Waals surface area contributed by atoms with Crippen molar-refractivity contribution in [3.8, 4) is 0 Å². The Morgan fingerprint density at radius 2 is 2.00 bits per heavy atom. The summed E-state index contributed by atoms with van der Waals surface area (Å²) in [5, 5.41) is 24.3. The van der Waals surface area contributed by atoms with Gasteiger partial charge in [0.1, 0.15) is 5.58 Å². The van der Waals surface area contributed by atoms with E-state index in [4.69, 9.17) is 39.2 Å². The molecule has 7 heteroatoms. The Hall–Kier alpha value is -0.490. The fraction of sp³-hybridized carbons (Fsp3) is 0.429. The minimum absolute atomic E-state index is 0.386. The molecule has 2 unspecified atom stereocenters. The summed E-state index contributed by atoms with van der Waals surface area (Å²) in [5.74, 6) is 0. The highest BCUT2D eigenvalue weighted by atomic mass is 35.6. The zero-order valence-electron chi connectivity index (χ0n) is 11.3. The van der Waals surface area contributed by atoms with Crippen LogP contribution in [0.3, 0.4) is 0 Å². The summed E-state index contributed by atoms with van der Waals surface area (Å²) in [6.45, 7) is 1.95. The molecule has 0 spiro atoms. The Morgan fingerprint density at radius 3 is 2.57 bits per heavy atom. The summed E-state index contributed by atoms with van der Waals surface area (Å²) in [4.78, 5) is 0. The van der Waals surface area contributed by atoms with Gasteiger partial charge in [0.2, 0.25) is 3.79 Å². The average molecular weight is 353 g/mol. The number of aliphatic hydroxyl groups excluding tert-OH is 1. The molecule has 2 rings (SSSR count). The van der Waals surface area contributed by atoms with Crippen molar-refractivity contribution in [1.82, 2.24) is 5.32 Å². The highest BCUT2D eigenvalue weighted by Gasteiger charge is 2.53. The number of benzene rings is 1. The summed E-state index contributed by atoms with van der Waals surface area (Å²) in [7, 11) is 0. The van der Waals surface area contributed by atoms with Crippen molar-refractivity contribution in [3.05, 3.63) is 36.1 Å². The van der Waals surface area contributed by atoms with E-state index in [0.717, 1.165) is 5.39 Å². The molecule has 2 aromatic rings. The van der Waals surface area contributed by atoms with Gasteiger partial charge in [0.15, 0.2) is 5.60 Å². The monoisotopic (exact) mass is 351 g/mol. The zero-order valence-corrected chi connectivity index (χ0v) is 13.6. The quantitative estimate of drug-likeness (QED) is 0.724. The van der Waals surface area contributed by atoms with Crippen LogP contribution in [-0.2, 0) is 5.60 Å². The molecule has 0 aliphatic heterocycles. The standard InChI is InChI=1S/C14H16Cl3NO3/c1-2-18-12(8-19)13(20,14(15,16)17)10-3-4-11-9(7-10)5-6-21-11/h3-7,12,18-20H,2,8H2,1H3. The van der Waals surface area contributed by atoms with Crippen LogP contribution >= 0.6 is 34.8 Å². The van der Waals surface area contributed by atoms with Gasteiger partial charge in [0.05, 0.1) is 18.9 Å². The Bertz CT molecular complexity index is 611. The fourth-order valence-electron chi connectivity index (χ4n) is 2.36. The highest BCUT2D eigenvalue weighted by Crippen LogP contribution is 2.47. The molecule has 4 nitrogen and oxygen atoms in total. The van der Waals surface area contributed by atoms with Gasteiger partial charge in [-0.1, -0.05) is 47.8 Å². The summed E-state index contributed by atoms with van der Waals surface area (Å²) < 4.78 is 3.23. The molecule has 21 heavy (non-hydrogen) atoms. The molecule has 116 valence electrons. The Morgan fingerprint density at radius 1 is 1.29 bits per heavy atom. The number of alkyl halides is 3. The first-order chi connectivity index (χ1) is 9.84. The van der Waals surface area contributed by atoms with Gasteiger partial charge in [0, 0.05) is 5.39 Å². The largest absolute Gasteiger partial charge is 0.464 e. The van der Waals surface area contributed by atoms with Crippen LogP contribution in [0.4, 0.5) is 0 Å². The second-order valence-corrected chi connectivity index (χ2v) is 7.01. The SMILES string of the molecule is CCNC(CO)C(O)(c1ccc2occc2c1)C(Cl)(Cl)Cl. The minimum atomic E-state index is -2.03. The summed E-state index contributed by atoms with van der Waals surface area (Å²) >= 11 is 18.0. The maximum atomic E-state index is 11.1. The molecule has 0 bridgehead atoms. The molecular formula is C14H16Cl3NO3. The lowest BCUT2D eigenvalue weighted by Gasteiger charge is -2.41. The number of rotatable bonds is 5. The van der Waals surface area contributed by atoms with Crippen LogP contribution in [0.25, 0.3) is 11.0 Å². The van der Waals surface area contributed by atoms with Crippen LogP contribution in [-0.4, -0.2) is 33.2 Å². The Kier molecular flexibility index (Phi) is 5.08. The topological polar surface area (TPSA) is 65.6 Å². The van der Waals surface area contributed by atoms with Gasteiger partial charge in [0.25, 0.3) is 0 Å². The smallest absolute Gasteiger partial charge is 0.224 e. The number of likely N-dealkylation sites (N-methyl/N-ethyl adjacent to an activating group) is 1. The van der Waals surface area contributed by atoms with E-state index in [1.165, 1.54) is 6.26 Å². The highest BCUT2D eigenvalue weighted by molar-refractivity contribution is 6.68.